The molecule has 0 aromatic heterocycles. The van der Waals surface area contributed by atoms with Crippen LogP contribution in [0.3, 0.4) is 0 Å². The molecule has 2 N–H and O–H groups in total. The fraction of sp³-hybridized carbons (Fsp3) is 0.588. The van der Waals surface area contributed by atoms with Crippen molar-refractivity contribution in [1.82, 2.24) is 10.2 Å². The van der Waals surface area contributed by atoms with Gasteiger partial charge in [-0.2, -0.15) is 0 Å². The molecule has 2 amide bonds. The number of piperidine rings is 1. The number of likely N-dealkylation sites (tertiary alicyclic amines) is 1. The standard InChI is InChI=1S/C17H23FN2O2/c18-14-6-7-15-13(9-14)4-1-5-16(15)19-17(22)20-8-2-3-12(10-20)11-21/h6-7,9,12,16,21H,1-5,8,10-11H2,(H,19,22). The van der Waals surface area contributed by atoms with E-state index in [1.165, 1.54) is 6.07 Å². The van der Waals surface area contributed by atoms with Crippen molar-refractivity contribution in [3.63, 3.8) is 0 Å². The quantitative estimate of drug-likeness (QED) is 0.882. The Morgan fingerprint density at radius 1 is 1.36 bits per heavy atom. The highest BCUT2D eigenvalue weighted by molar-refractivity contribution is 5.75. The van der Waals surface area contributed by atoms with Gasteiger partial charge in [-0.25, -0.2) is 9.18 Å². The Balaban J connectivity index is 1.67. The van der Waals surface area contributed by atoms with Gasteiger partial charge in [0.15, 0.2) is 0 Å². The van der Waals surface area contributed by atoms with Gasteiger partial charge in [-0.05, 0) is 61.3 Å². The molecule has 2 atom stereocenters. The second kappa shape index (κ2) is 6.65. The molecule has 5 heteroatoms. The zero-order valence-corrected chi connectivity index (χ0v) is 12.7. The molecular weight excluding hydrogens is 283 g/mol. The summed E-state index contributed by atoms with van der Waals surface area (Å²) in [5, 5.41) is 12.4. The summed E-state index contributed by atoms with van der Waals surface area (Å²) in [6.07, 6.45) is 4.63. The highest BCUT2D eigenvalue weighted by Crippen LogP contribution is 2.30. The molecule has 2 unspecified atom stereocenters. The lowest BCUT2D eigenvalue weighted by molar-refractivity contribution is 0.127. The highest BCUT2D eigenvalue weighted by atomic mass is 19.1. The van der Waals surface area contributed by atoms with Crippen molar-refractivity contribution in [1.29, 1.82) is 0 Å². The first kappa shape index (κ1) is 15.3. The predicted octanol–water partition coefficient (Wildman–Crippen LogP) is 2.62. The number of carbonyl (C=O) groups excluding carboxylic acids is 1. The Kier molecular flexibility index (Phi) is 4.62. The molecule has 0 bridgehead atoms. The van der Waals surface area contributed by atoms with Crippen LogP contribution in [0.4, 0.5) is 9.18 Å². The Labute approximate surface area is 130 Å². The van der Waals surface area contributed by atoms with Crippen molar-refractivity contribution in [2.24, 2.45) is 5.92 Å². The number of nitrogens with one attached hydrogen (secondary N) is 1. The highest BCUT2D eigenvalue weighted by Gasteiger charge is 2.27. The Bertz CT molecular complexity index is 549. The van der Waals surface area contributed by atoms with E-state index in [0.29, 0.717) is 6.54 Å². The Hall–Kier alpha value is -1.62. The monoisotopic (exact) mass is 306 g/mol. The lowest BCUT2D eigenvalue weighted by Crippen LogP contribution is -2.47. The van der Waals surface area contributed by atoms with E-state index in [9.17, 15) is 14.3 Å². The largest absolute Gasteiger partial charge is 0.396 e. The van der Waals surface area contributed by atoms with Crippen molar-refractivity contribution >= 4 is 6.03 Å². The lowest BCUT2D eigenvalue weighted by Gasteiger charge is -2.34. The number of carbonyl (C=O) groups is 1. The number of hydrogen-bond acceptors (Lipinski definition) is 2. The van der Waals surface area contributed by atoms with E-state index in [0.717, 1.165) is 49.8 Å². The summed E-state index contributed by atoms with van der Waals surface area (Å²) >= 11 is 0. The van der Waals surface area contributed by atoms with Crippen LogP contribution in [-0.2, 0) is 6.42 Å². The molecule has 1 saturated heterocycles. The first-order valence-electron chi connectivity index (χ1n) is 8.12. The first-order valence-corrected chi connectivity index (χ1v) is 8.12. The number of halogens is 1. The molecule has 3 rings (SSSR count). The van der Waals surface area contributed by atoms with E-state index in [2.05, 4.69) is 5.32 Å². The summed E-state index contributed by atoms with van der Waals surface area (Å²) in [5.41, 5.74) is 2.04. The summed E-state index contributed by atoms with van der Waals surface area (Å²) in [7, 11) is 0. The average Bonchev–Trinajstić information content (AvgIpc) is 2.54. The number of aliphatic hydroxyl groups excluding tert-OH is 1. The molecule has 0 saturated carbocycles. The van der Waals surface area contributed by atoms with Crippen molar-refractivity contribution in [2.75, 3.05) is 19.7 Å². The summed E-state index contributed by atoms with van der Waals surface area (Å²) in [5.74, 6) is -0.0280. The topological polar surface area (TPSA) is 52.6 Å². The maximum Gasteiger partial charge on any atom is 0.317 e. The molecule has 120 valence electrons. The number of urea groups is 1. The lowest BCUT2D eigenvalue weighted by atomic mass is 9.87. The van der Waals surface area contributed by atoms with Crippen LogP contribution in [0.5, 0.6) is 0 Å². The van der Waals surface area contributed by atoms with Crippen molar-refractivity contribution < 1.29 is 14.3 Å². The van der Waals surface area contributed by atoms with E-state index in [-0.39, 0.29) is 30.4 Å². The van der Waals surface area contributed by atoms with Gasteiger partial charge in [0.1, 0.15) is 5.82 Å². The molecule has 0 spiro atoms. The third kappa shape index (κ3) is 3.24. The zero-order chi connectivity index (χ0) is 15.5. The minimum atomic E-state index is -0.215. The second-order valence-electron chi connectivity index (χ2n) is 6.37. The van der Waals surface area contributed by atoms with Crippen molar-refractivity contribution in [3.8, 4) is 0 Å². The number of aliphatic hydroxyl groups is 1. The molecule has 4 nitrogen and oxygen atoms in total. The van der Waals surface area contributed by atoms with Crippen LogP contribution in [0, 0.1) is 11.7 Å². The van der Waals surface area contributed by atoms with Crippen LogP contribution in [0.25, 0.3) is 0 Å². The van der Waals surface area contributed by atoms with E-state index < -0.39 is 0 Å². The molecule has 1 heterocycles. The molecule has 22 heavy (non-hydrogen) atoms. The van der Waals surface area contributed by atoms with Gasteiger partial charge in [0.25, 0.3) is 0 Å². The number of rotatable bonds is 2. The van der Waals surface area contributed by atoms with E-state index in [1.807, 2.05) is 0 Å². The van der Waals surface area contributed by atoms with Gasteiger partial charge in [-0.1, -0.05) is 6.07 Å². The predicted molar refractivity (Wildman–Crippen MR) is 82.0 cm³/mol. The number of aryl methyl sites for hydroxylation is 1. The number of benzene rings is 1. The molecule has 1 fully saturated rings. The summed E-state index contributed by atoms with van der Waals surface area (Å²) in [6.45, 7) is 1.49. The van der Waals surface area contributed by atoms with Gasteiger partial charge in [0.2, 0.25) is 0 Å². The fourth-order valence-electron chi connectivity index (χ4n) is 3.57. The second-order valence-corrected chi connectivity index (χ2v) is 6.37. The fourth-order valence-corrected chi connectivity index (χ4v) is 3.57. The van der Waals surface area contributed by atoms with Gasteiger partial charge in [0, 0.05) is 19.7 Å². The van der Waals surface area contributed by atoms with Crippen LogP contribution in [0.1, 0.15) is 42.9 Å². The van der Waals surface area contributed by atoms with Gasteiger partial charge in [0.05, 0.1) is 6.04 Å². The van der Waals surface area contributed by atoms with Crippen LogP contribution >= 0.6 is 0 Å². The summed E-state index contributed by atoms with van der Waals surface area (Å²) in [6, 6.07) is 4.73. The SMILES string of the molecule is O=C(NC1CCCc2cc(F)ccc21)N1CCCC(CO)C1. The summed E-state index contributed by atoms with van der Waals surface area (Å²) in [4.78, 5) is 14.3. The molecule has 2 aliphatic rings. The Morgan fingerprint density at radius 3 is 3.05 bits per heavy atom. The Morgan fingerprint density at radius 2 is 2.23 bits per heavy atom. The normalized spacial score (nSPS) is 24.7. The number of fused-ring (bicyclic) bond motifs is 1. The zero-order valence-electron chi connectivity index (χ0n) is 12.7. The van der Waals surface area contributed by atoms with Gasteiger partial charge < -0.3 is 15.3 Å². The van der Waals surface area contributed by atoms with E-state index >= 15 is 0 Å². The smallest absolute Gasteiger partial charge is 0.317 e. The molecule has 1 aromatic rings. The van der Waals surface area contributed by atoms with Crippen molar-refractivity contribution in [3.05, 3.63) is 35.1 Å². The first-order chi connectivity index (χ1) is 10.7. The van der Waals surface area contributed by atoms with Gasteiger partial charge in [-0.3, -0.25) is 0 Å². The third-order valence-electron chi connectivity index (χ3n) is 4.78. The van der Waals surface area contributed by atoms with Crippen LogP contribution < -0.4 is 5.32 Å². The summed E-state index contributed by atoms with van der Waals surface area (Å²) < 4.78 is 13.3. The molecule has 1 aromatic carbocycles. The van der Waals surface area contributed by atoms with Gasteiger partial charge >= 0.3 is 6.03 Å². The van der Waals surface area contributed by atoms with Crippen molar-refractivity contribution in [2.45, 2.75) is 38.1 Å². The molecular formula is C17H23FN2O2. The maximum absolute atomic E-state index is 13.3. The van der Waals surface area contributed by atoms with Crippen LogP contribution in [0.15, 0.2) is 18.2 Å². The minimum Gasteiger partial charge on any atom is -0.396 e. The van der Waals surface area contributed by atoms with Gasteiger partial charge in [-0.15, -0.1) is 0 Å². The molecule has 1 aliphatic heterocycles. The third-order valence-corrected chi connectivity index (χ3v) is 4.78. The number of amides is 2. The van der Waals surface area contributed by atoms with E-state index in [1.54, 1.807) is 17.0 Å². The average molecular weight is 306 g/mol. The molecule has 0 radical (unpaired) electrons. The number of nitrogens with zero attached hydrogens (tertiary/aromatic N) is 1. The van der Waals surface area contributed by atoms with Crippen LogP contribution in [-0.4, -0.2) is 35.7 Å². The number of hydrogen-bond donors (Lipinski definition) is 2. The van der Waals surface area contributed by atoms with E-state index in [4.69, 9.17) is 0 Å². The maximum atomic E-state index is 13.3. The molecule has 1 aliphatic carbocycles. The van der Waals surface area contributed by atoms with Crippen LogP contribution in [0.2, 0.25) is 0 Å². The minimum absolute atomic E-state index is 0.0358.